The highest BCUT2D eigenvalue weighted by Crippen LogP contribution is 2.10. The van der Waals surface area contributed by atoms with Gasteiger partial charge in [-0.25, -0.2) is 0 Å². The van der Waals surface area contributed by atoms with Crippen LogP contribution in [-0.4, -0.2) is 23.4 Å². The highest BCUT2D eigenvalue weighted by Gasteiger charge is 2.13. The number of aryl methyl sites for hydroxylation is 1. The van der Waals surface area contributed by atoms with Gasteiger partial charge in [0.15, 0.2) is 0 Å². The van der Waals surface area contributed by atoms with E-state index < -0.39 is 0 Å². The van der Waals surface area contributed by atoms with Gasteiger partial charge in [-0.1, -0.05) is 49.7 Å². The summed E-state index contributed by atoms with van der Waals surface area (Å²) in [5.74, 6) is 0. The Labute approximate surface area is 86.2 Å². The fourth-order valence-corrected chi connectivity index (χ4v) is 0.584. The molecular formula is C12H20O2. The van der Waals surface area contributed by atoms with Gasteiger partial charge < -0.3 is 10.2 Å². The zero-order valence-electron chi connectivity index (χ0n) is 9.20. The van der Waals surface area contributed by atoms with E-state index in [0.29, 0.717) is 0 Å². The van der Waals surface area contributed by atoms with Crippen LogP contribution in [0.3, 0.4) is 0 Å². The number of rotatable bonds is 2. The van der Waals surface area contributed by atoms with Crippen molar-refractivity contribution in [3.05, 3.63) is 35.9 Å². The molecule has 0 aliphatic carbocycles. The molecule has 0 saturated heterocycles. The molecule has 0 spiro atoms. The third kappa shape index (κ3) is 6.63. The quantitative estimate of drug-likeness (QED) is 0.759. The SMILES string of the molecule is CC(C)(CO)CO.Cc1ccccc1. The van der Waals surface area contributed by atoms with Crippen molar-refractivity contribution >= 4 is 0 Å². The molecule has 0 bridgehead atoms. The highest BCUT2D eigenvalue weighted by atomic mass is 16.3. The summed E-state index contributed by atoms with van der Waals surface area (Å²) < 4.78 is 0. The first-order chi connectivity index (χ1) is 6.52. The minimum Gasteiger partial charge on any atom is -0.396 e. The van der Waals surface area contributed by atoms with Gasteiger partial charge in [0.05, 0.1) is 13.2 Å². The van der Waals surface area contributed by atoms with Gasteiger partial charge in [0.25, 0.3) is 0 Å². The predicted octanol–water partition coefficient (Wildman–Crippen LogP) is 1.99. The normalized spacial score (nSPS) is 10.4. The van der Waals surface area contributed by atoms with E-state index in [4.69, 9.17) is 10.2 Å². The molecule has 80 valence electrons. The van der Waals surface area contributed by atoms with Crippen LogP contribution in [0.5, 0.6) is 0 Å². The summed E-state index contributed by atoms with van der Waals surface area (Å²) in [5.41, 5.74) is 1.02. The summed E-state index contributed by atoms with van der Waals surface area (Å²) >= 11 is 0. The maximum Gasteiger partial charge on any atom is 0.0504 e. The van der Waals surface area contributed by atoms with Crippen molar-refractivity contribution in [1.82, 2.24) is 0 Å². The van der Waals surface area contributed by atoms with E-state index in [1.165, 1.54) is 5.56 Å². The van der Waals surface area contributed by atoms with Crippen LogP contribution in [0.2, 0.25) is 0 Å². The Morgan fingerprint density at radius 1 is 1.00 bits per heavy atom. The maximum atomic E-state index is 8.43. The van der Waals surface area contributed by atoms with Crippen molar-refractivity contribution in [2.24, 2.45) is 5.41 Å². The summed E-state index contributed by atoms with van der Waals surface area (Å²) in [7, 11) is 0. The minimum atomic E-state index is -0.306. The second-order valence-corrected chi connectivity index (χ2v) is 4.14. The first-order valence-corrected chi connectivity index (χ1v) is 4.75. The first-order valence-electron chi connectivity index (χ1n) is 4.75. The molecular weight excluding hydrogens is 176 g/mol. The standard InChI is InChI=1S/C7H8.C5H12O2/c1-7-5-3-2-4-6-7;1-5(2,3-6)4-7/h2-6H,1H3;6-7H,3-4H2,1-2H3. The molecule has 2 heteroatoms. The minimum absolute atomic E-state index is 0.0451. The van der Waals surface area contributed by atoms with Gasteiger partial charge in [-0.05, 0) is 6.92 Å². The van der Waals surface area contributed by atoms with Gasteiger partial charge in [0, 0.05) is 5.41 Å². The van der Waals surface area contributed by atoms with Gasteiger partial charge >= 0.3 is 0 Å². The van der Waals surface area contributed by atoms with Gasteiger partial charge in [0.1, 0.15) is 0 Å². The average Bonchev–Trinajstić information content (AvgIpc) is 2.20. The molecule has 2 N–H and O–H groups in total. The van der Waals surface area contributed by atoms with Crippen molar-refractivity contribution in [1.29, 1.82) is 0 Å². The second-order valence-electron chi connectivity index (χ2n) is 4.14. The van der Waals surface area contributed by atoms with Crippen LogP contribution >= 0.6 is 0 Å². The second kappa shape index (κ2) is 6.57. The molecule has 0 saturated carbocycles. The number of hydrogen-bond acceptors (Lipinski definition) is 2. The van der Waals surface area contributed by atoms with E-state index in [2.05, 4.69) is 19.1 Å². The van der Waals surface area contributed by atoms with Crippen molar-refractivity contribution in [3.63, 3.8) is 0 Å². The lowest BCUT2D eigenvalue weighted by atomic mass is 9.97. The number of hydrogen-bond donors (Lipinski definition) is 2. The van der Waals surface area contributed by atoms with E-state index in [1.54, 1.807) is 13.8 Å². The fraction of sp³-hybridized carbons (Fsp3) is 0.500. The Hall–Kier alpha value is -0.860. The van der Waals surface area contributed by atoms with Crippen molar-refractivity contribution in [2.45, 2.75) is 20.8 Å². The highest BCUT2D eigenvalue weighted by molar-refractivity contribution is 5.11. The Bertz CT molecular complexity index is 223. The molecule has 1 rings (SSSR count). The first kappa shape index (κ1) is 13.1. The molecule has 1 aromatic rings. The average molecular weight is 196 g/mol. The summed E-state index contributed by atoms with van der Waals surface area (Å²) in [5, 5.41) is 16.9. The molecule has 0 amide bonds. The van der Waals surface area contributed by atoms with E-state index in [0.717, 1.165) is 0 Å². The molecule has 0 aliphatic heterocycles. The van der Waals surface area contributed by atoms with Crippen LogP contribution in [0.25, 0.3) is 0 Å². The molecule has 0 heterocycles. The Balaban J connectivity index is 0.000000241. The smallest absolute Gasteiger partial charge is 0.0504 e. The molecule has 0 fully saturated rings. The number of aliphatic hydroxyl groups is 2. The van der Waals surface area contributed by atoms with Crippen LogP contribution in [0, 0.1) is 12.3 Å². The zero-order chi connectivity index (χ0) is 11.0. The monoisotopic (exact) mass is 196 g/mol. The van der Waals surface area contributed by atoms with E-state index in [-0.39, 0.29) is 18.6 Å². The molecule has 1 aromatic carbocycles. The Morgan fingerprint density at radius 3 is 1.57 bits per heavy atom. The van der Waals surface area contributed by atoms with E-state index in [1.807, 2.05) is 18.2 Å². The fourth-order valence-electron chi connectivity index (χ4n) is 0.584. The molecule has 0 aliphatic rings. The van der Waals surface area contributed by atoms with Crippen molar-refractivity contribution in [3.8, 4) is 0 Å². The molecule has 14 heavy (non-hydrogen) atoms. The third-order valence-corrected chi connectivity index (χ3v) is 1.80. The van der Waals surface area contributed by atoms with Gasteiger partial charge in [-0.15, -0.1) is 0 Å². The van der Waals surface area contributed by atoms with Crippen LogP contribution in [0.1, 0.15) is 19.4 Å². The summed E-state index contributed by atoms with van der Waals surface area (Å²) in [6.07, 6.45) is 0. The van der Waals surface area contributed by atoms with Crippen LogP contribution in [0.15, 0.2) is 30.3 Å². The summed E-state index contributed by atoms with van der Waals surface area (Å²) in [6, 6.07) is 10.3. The molecule has 0 unspecified atom stereocenters. The van der Waals surface area contributed by atoms with Gasteiger partial charge in [0.2, 0.25) is 0 Å². The molecule has 0 atom stereocenters. The summed E-state index contributed by atoms with van der Waals surface area (Å²) in [4.78, 5) is 0. The lowest BCUT2D eigenvalue weighted by Crippen LogP contribution is -2.20. The van der Waals surface area contributed by atoms with Crippen LogP contribution in [-0.2, 0) is 0 Å². The lowest BCUT2D eigenvalue weighted by molar-refractivity contribution is 0.0857. The summed E-state index contributed by atoms with van der Waals surface area (Å²) in [6.45, 7) is 5.77. The molecule has 0 aromatic heterocycles. The van der Waals surface area contributed by atoms with E-state index >= 15 is 0 Å². The molecule has 2 nitrogen and oxygen atoms in total. The Kier molecular flexibility index (Phi) is 6.17. The third-order valence-electron chi connectivity index (χ3n) is 1.80. The van der Waals surface area contributed by atoms with E-state index in [9.17, 15) is 0 Å². The predicted molar refractivity (Wildman–Crippen MR) is 59.1 cm³/mol. The lowest BCUT2D eigenvalue weighted by Gasteiger charge is -2.16. The van der Waals surface area contributed by atoms with Crippen LogP contribution < -0.4 is 0 Å². The van der Waals surface area contributed by atoms with Gasteiger partial charge in [-0.2, -0.15) is 0 Å². The van der Waals surface area contributed by atoms with Gasteiger partial charge in [-0.3, -0.25) is 0 Å². The number of benzene rings is 1. The van der Waals surface area contributed by atoms with Crippen molar-refractivity contribution in [2.75, 3.05) is 13.2 Å². The van der Waals surface area contributed by atoms with Crippen molar-refractivity contribution < 1.29 is 10.2 Å². The van der Waals surface area contributed by atoms with Crippen LogP contribution in [0.4, 0.5) is 0 Å². The number of aliphatic hydroxyl groups excluding tert-OH is 2. The maximum absolute atomic E-state index is 8.43. The Morgan fingerprint density at radius 2 is 1.43 bits per heavy atom. The topological polar surface area (TPSA) is 40.5 Å². The molecule has 0 radical (unpaired) electrons. The zero-order valence-corrected chi connectivity index (χ0v) is 9.20. The largest absolute Gasteiger partial charge is 0.396 e.